The van der Waals surface area contributed by atoms with E-state index in [9.17, 15) is 4.79 Å². The second-order valence-corrected chi connectivity index (χ2v) is 3.95. The molecule has 0 rings (SSSR count). The monoisotopic (exact) mass is 183 g/mol. The summed E-state index contributed by atoms with van der Waals surface area (Å²) in [5.74, 6) is 0.293. The molecule has 0 bridgehead atoms. The van der Waals surface area contributed by atoms with Gasteiger partial charge in [-0.05, 0) is 32.3 Å². The first-order valence-electron chi connectivity index (χ1n) is 4.90. The lowest BCUT2D eigenvalue weighted by molar-refractivity contribution is -0.118. The quantitative estimate of drug-likeness (QED) is 0.642. The van der Waals surface area contributed by atoms with Crippen molar-refractivity contribution in [3.63, 3.8) is 0 Å². The first-order valence-corrected chi connectivity index (χ1v) is 4.90. The van der Waals surface area contributed by atoms with Crippen LogP contribution in [0.5, 0.6) is 0 Å². The van der Waals surface area contributed by atoms with Crippen molar-refractivity contribution in [3.05, 3.63) is 12.2 Å². The Labute approximate surface area is 81.2 Å². The van der Waals surface area contributed by atoms with Crippen LogP contribution in [0.25, 0.3) is 0 Å². The largest absolute Gasteiger partial charge is 0.328 e. The summed E-state index contributed by atoms with van der Waals surface area (Å²) in [6.45, 7) is 9.36. The minimum atomic E-state index is 0.108. The van der Waals surface area contributed by atoms with Crippen LogP contribution in [-0.4, -0.2) is 11.8 Å². The van der Waals surface area contributed by atoms with E-state index in [1.807, 2.05) is 13.8 Å². The van der Waals surface area contributed by atoms with Gasteiger partial charge in [0, 0.05) is 12.0 Å². The molecule has 0 aromatic carbocycles. The highest BCUT2D eigenvalue weighted by molar-refractivity contribution is 5.95. The Kier molecular flexibility index (Phi) is 5.63. The molecular formula is C11H21NO. The lowest BCUT2D eigenvalue weighted by atomic mass is 9.95. The number of Topliss-reactive ketones (excluding diaryl/α,β-unsaturated/α-hetero) is 1. The first-order chi connectivity index (χ1) is 5.95. The van der Waals surface area contributed by atoms with Gasteiger partial charge in [0.2, 0.25) is 0 Å². The first kappa shape index (κ1) is 12.4. The van der Waals surface area contributed by atoms with E-state index in [2.05, 4.69) is 6.58 Å². The van der Waals surface area contributed by atoms with E-state index >= 15 is 0 Å². The van der Waals surface area contributed by atoms with E-state index < -0.39 is 0 Å². The van der Waals surface area contributed by atoms with Gasteiger partial charge in [-0.25, -0.2) is 0 Å². The molecule has 0 spiro atoms. The molecule has 0 fully saturated rings. The van der Waals surface area contributed by atoms with Crippen molar-refractivity contribution in [2.75, 3.05) is 0 Å². The van der Waals surface area contributed by atoms with Crippen molar-refractivity contribution >= 4 is 5.78 Å². The third kappa shape index (κ3) is 5.58. The molecule has 2 unspecified atom stereocenters. The van der Waals surface area contributed by atoms with Crippen molar-refractivity contribution in [2.45, 2.75) is 46.1 Å². The van der Waals surface area contributed by atoms with Gasteiger partial charge in [0.05, 0.1) is 0 Å². The van der Waals surface area contributed by atoms with Crippen LogP contribution in [0.15, 0.2) is 12.2 Å². The van der Waals surface area contributed by atoms with Gasteiger partial charge in [0.15, 0.2) is 5.78 Å². The summed E-state index contributed by atoms with van der Waals surface area (Å²) in [4.78, 5) is 11.4. The molecule has 0 aromatic rings. The fourth-order valence-electron chi connectivity index (χ4n) is 1.30. The molecule has 0 aromatic heterocycles. The van der Waals surface area contributed by atoms with Crippen molar-refractivity contribution < 1.29 is 4.79 Å². The smallest absolute Gasteiger partial charge is 0.160 e. The van der Waals surface area contributed by atoms with E-state index in [1.165, 1.54) is 0 Å². The Balaban J connectivity index is 3.68. The number of rotatable bonds is 6. The molecule has 2 heteroatoms. The van der Waals surface area contributed by atoms with Gasteiger partial charge in [0.1, 0.15) is 0 Å². The molecule has 0 heterocycles. The SMILES string of the molecule is C=C(C)C(=O)C(C)CCCC(C)N. The van der Waals surface area contributed by atoms with Crippen LogP contribution in [-0.2, 0) is 4.79 Å². The molecule has 0 amide bonds. The average molecular weight is 183 g/mol. The zero-order valence-corrected chi connectivity index (χ0v) is 8.97. The topological polar surface area (TPSA) is 43.1 Å². The van der Waals surface area contributed by atoms with Gasteiger partial charge < -0.3 is 5.73 Å². The van der Waals surface area contributed by atoms with Gasteiger partial charge in [-0.2, -0.15) is 0 Å². The molecule has 2 N–H and O–H groups in total. The van der Waals surface area contributed by atoms with Gasteiger partial charge in [0.25, 0.3) is 0 Å². The van der Waals surface area contributed by atoms with Crippen molar-refractivity contribution in [1.82, 2.24) is 0 Å². The minimum absolute atomic E-state index is 0.108. The molecular weight excluding hydrogens is 162 g/mol. The third-order valence-electron chi connectivity index (χ3n) is 2.16. The summed E-state index contributed by atoms with van der Waals surface area (Å²) in [7, 11) is 0. The number of nitrogens with two attached hydrogens (primary N) is 1. The Morgan fingerprint density at radius 3 is 2.31 bits per heavy atom. The van der Waals surface area contributed by atoms with Gasteiger partial charge in [-0.3, -0.25) is 4.79 Å². The Hall–Kier alpha value is -0.630. The number of allylic oxidation sites excluding steroid dienone is 1. The van der Waals surface area contributed by atoms with Crippen LogP contribution in [0, 0.1) is 5.92 Å². The molecule has 2 atom stereocenters. The second kappa shape index (κ2) is 5.92. The highest BCUT2D eigenvalue weighted by atomic mass is 16.1. The van der Waals surface area contributed by atoms with Crippen LogP contribution in [0.1, 0.15) is 40.0 Å². The van der Waals surface area contributed by atoms with Crippen LogP contribution in [0.2, 0.25) is 0 Å². The lowest BCUT2D eigenvalue weighted by Gasteiger charge is -2.10. The molecule has 2 nitrogen and oxygen atoms in total. The van der Waals surface area contributed by atoms with Crippen LogP contribution < -0.4 is 5.73 Å². The molecule has 13 heavy (non-hydrogen) atoms. The molecule has 0 aliphatic rings. The molecule has 0 aliphatic carbocycles. The summed E-state index contributed by atoms with van der Waals surface area (Å²) in [5, 5.41) is 0. The summed E-state index contributed by atoms with van der Waals surface area (Å²) in [6.07, 6.45) is 2.94. The van der Waals surface area contributed by atoms with Crippen LogP contribution >= 0.6 is 0 Å². The normalized spacial score (nSPS) is 15.1. The van der Waals surface area contributed by atoms with E-state index in [-0.39, 0.29) is 17.7 Å². The molecule has 0 radical (unpaired) electrons. The zero-order valence-electron chi connectivity index (χ0n) is 8.97. The fraction of sp³-hybridized carbons (Fsp3) is 0.727. The van der Waals surface area contributed by atoms with E-state index in [0.29, 0.717) is 5.57 Å². The Morgan fingerprint density at radius 2 is 1.92 bits per heavy atom. The van der Waals surface area contributed by atoms with Crippen molar-refractivity contribution in [3.8, 4) is 0 Å². The molecule has 76 valence electrons. The van der Waals surface area contributed by atoms with E-state index in [1.54, 1.807) is 6.92 Å². The summed E-state index contributed by atoms with van der Waals surface area (Å²) >= 11 is 0. The maximum atomic E-state index is 11.4. The van der Waals surface area contributed by atoms with Crippen LogP contribution in [0.4, 0.5) is 0 Å². The van der Waals surface area contributed by atoms with Crippen molar-refractivity contribution in [2.24, 2.45) is 11.7 Å². The number of carbonyl (C=O) groups excluding carboxylic acids is 1. The Morgan fingerprint density at radius 1 is 1.38 bits per heavy atom. The van der Waals surface area contributed by atoms with Gasteiger partial charge in [-0.1, -0.05) is 19.9 Å². The number of carbonyl (C=O) groups is 1. The minimum Gasteiger partial charge on any atom is -0.328 e. The number of ketones is 1. The predicted molar refractivity (Wildman–Crippen MR) is 56.5 cm³/mol. The Bertz CT molecular complexity index is 185. The number of hydrogen-bond acceptors (Lipinski definition) is 2. The van der Waals surface area contributed by atoms with Crippen molar-refractivity contribution in [1.29, 1.82) is 0 Å². The average Bonchev–Trinajstić information content (AvgIpc) is 2.02. The molecule has 0 aliphatic heterocycles. The highest BCUT2D eigenvalue weighted by Gasteiger charge is 2.12. The maximum absolute atomic E-state index is 11.4. The van der Waals surface area contributed by atoms with E-state index in [0.717, 1.165) is 19.3 Å². The standard InChI is InChI=1S/C11H21NO/c1-8(2)11(13)9(3)6-5-7-10(4)12/h9-10H,1,5-7,12H2,2-4H3. The fourth-order valence-corrected chi connectivity index (χ4v) is 1.30. The van der Waals surface area contributed by atoms with E-state index in [4.69, 9.17) is 5.73 Å². The summed E-state index contributed by atoms with van der Waals surface area (Å²) < 4.78 is 0. The third-order valence-corrected chi connectivity index (χ3v) is 2.16. The number of hydrogen-bond donors (Lipinski definition) is 1. The molecule has 0 saturated carbocycles. The maximum Gasteiger partial charge on any atom is 0.160 e. The summed E-state index contributed by atoms with van der Waals surface area (Å²) in [5.41, 5.74) is 6.27. The molecule has 0 saturated heterocycles. The second-order valence-electron chi connectivity index (χ2n) is 3.95. The van der Waals surface area contributed by atoms with Gasteiger partial charge in [-0.15, -0.1) is 0 Å². The predicted octanol–water partition coefficient (Wildman–Crippen LogP) is 2.29. The van der Waals surface area contributed by atoms with Gasteiger partial charge >= 0.3 is 0 Å². The highest BCUT2D eigenvalue weighted by Crippen LogP contribution is 2.13. The lowest BCUT2D eigenvalue weighted by Crippen LogP contribution is -2.16. The zero-order chi connectivity index (χ0) is 10.4. The summed E-state index contributed by atoms with van der Waals surface area (Å²) in [6, 6.07) is 0.243. The van der Waals surface area contributed by atoms with Crippen LogP contribution in [0.3, 0.4) is 0 Å².